The average molecular weight is 357 g/mol. The predicted octanol–water partition coefficient (Wildman–Crippen LogP) is 4.19. The quantitative estimate of drug-likeness (QED) is 0.622. The van der Waals surface area contributed by atoms with Crippen molar-refractivity contribution in [1.82, 2.24) is 0 Å². The maximum Gasteiger partial charge on any atom is 0.316 e. The Hall–Kier alpha value is -2.27. The highest BCUT2D eigenvalue weighted by atomic mass is 32.2. The van der Waals surface area contributed by atoms with Crippen LogP contribution in [0.5, 0.6) is 0 Å². The number of ether oxygens (including phenoxy) is 1. The van der Waals surface area contributed by atoms with Gasteiger partial charge in [-0.3, -0.25) is 9.59 Å². The smallest absolute Gasteiger partial charge is 0.316 e. The molecule has 0 bridgehead atoms. The molecule has 0 saturated carbocycles. The zero-order chi connectivity index (χ0) is 18.4. The largest absolute Gasteiger partial charge is 0.455 e. The van der Waals surface area contributed by atoms with Crippen LogP contribution in [0.4, 0.5) is 5.69 Å². The highest BCUT2D eigenvalue weighted by molar-refractivity contribution is 8.00. The van der Waals surface area contributed by atoms with E-state index in [9.17, 15) is 9.59 Å². The number of hydrogen-bond acceptors (Lipinski definition) is 4. The average Bonchev–Trinajstić information content (AvgIpc) is 2.58. The van der Waals surface area contributed by atoms with E-state index in [-0.39, 0.29) is 18.3 Å². The number of benzene rings is 2. The van der Waals surface area contributed by atoms with Crippen LogP contribution in [0.25, 0.3) is 0 Å². The molecule has 0 fully saturated rings. The lowest BCUT2D eigenvalue weighted by Crippen LogP contribution is -2.22. The number of aryl methyl sites for hydroxylation is 3. The van der Waals surface area contributed by atoms with Crippen LogP contribution in [0, 0.1) is 27.7 Å². The van der Waals surface area contributed by atoms with Gasteiger partial charge in [0.05, 0.1) is 5.75 Å². The number of rotatable bonds is 6. The predicted molar refractivity (Wildman–Crippen MR) is 102 cm³/mol. The van der Waals surface area contributed by atoms with E-state index in [1.807, 2.05) is 64.1 Å². The van der Waals surface area contributed by atoms with Crippen LogP contribution in [-0.2, 0) is 14.3 Å². The van der Waals surface area contributed by atoms with Crippen molar-refractivity contribution in [1.29, 1.82) is 0 Å². The molecule has 25 heavy (non-hydrogen) atoms. The molecular formula is C20H23NO3S. The van der Waals surface area contributed by atoms with E-state index < -0.39 is 5.97 Å². The lowest BCUT2D eigenvalue weighted by atomic mass is 10.1. The monoisotopic (exact) mass is 357 g/mol. The molecule has 1 amide bonds. The highest BCUT2D eigenvalue weighted by Gasteiger charge is 2.10. The van der Waals surface area contributed by atoms with Crippen molar-refractivity contribution in [3.63, 3.8) is 0 Å². The summed E-state index contributed by atoms with van der Waals surface area (Å²) in [5, 5.41) is 2.77. The molecule has 0 saturated heterocycles. The molecule has 0 radical (unpaired) electrons. The van der Waals surface area contributed by atoms with E-state index in [2.05, 4.69) is 5.32 Å². The number of thioether (sulfide) groups is 1. The number of nitrogens with one attached hydrogen (secondary N) is 1. The van der Waals surface area contributed by atoms with Gasteiger partial charge in [-0.25, -0.2) is 0 Å². The zero-order valence-electron chi connectivity index (χ0n) is 15.0. The van der Waals surface area contributed by atoms with Crippen LogP contribution < -0.4 is 5.32 Å². The Labute approximate surface area is 153 Å². The van der Waals surface area contributed by atoms with Crippen LogP contribution in [0.15, 0.2) is 41.3 Å². The summed E-state index contributed by atoms with van der Waals surface area (Å²) in [7, 11) is 0. The number of hydrogen-bond donors (Lipinski definition) is 1. The molecule has 2 aromatic carbocycles. The third-order valence-electron chi connectivity index (χ3n) is 4.08. The molecule has 4 nitrogen and oxygen atoms in total. The summed E-state index contributed by atoms with van der Waals surface area (Å²) in [5.41, 5.74) is 5.25. The van der Waals surface area contributed by atoms with Gasteiger partial charge in [-0.15, -0.1) is 11.8 Å². The van der Waals surface area contributed by atoms with Crippen LogP contribution >= 0.6 is 11.8 Å². The number of carbonyl (C=O) groups excluding carboxylic acids is 2. The fourth-order valence-corrected chi connectivity index (χ4v) is 3.00. The SMILES string of the molecule is Cc1ccc(SCC(=O)OCC(=O)Nc2cccc(C)c2C)cc1C. The molecule has 0 aliphatic carbocycles. The van der Waals surface area contributed by atoms with Gasteiger partial charge in [0.2, 0.25) is 0 Å². The lowest BCUT2D eigenvalue weighted by Gasteiger charge is -2.10. The van der Waals surface area contributed by atoms with E-state index in [4.69, 9.17) is 4.74 Å². The lowest BCUT2D eigenvalue weighted by molar-refractivity contribution is -0.144. The van der Waals surface area contributed by atoms with Crippen molar-refractivity contribution in [2.24, 2.45) is 0 Å². The van der Waals surface area contributed by atoms with Crippen LogP contribution in [0.3, 0.4) is 0 Å². The highest BCUT2D eigenvalue weighted by Crippen LogP contribution is 2.21. The van der Waals surface area contributed by atoms with Crippen molar-refractivity contribution in [3.8, 4) is 0 Å². The van der Waals surface area contributed by atoms with E-state index >= 15 is 0 Å². The summed E-state index contributed by atoms with van der Waals surface area (Å²) >= 11 is 1.41. The summed E-state index contributed by atoms with van der Waals surface area (Å²) in [4.78, 5) is 24.8. The third-order valence-corrected chi connectivity index (χ3v) is 5.05. The van der Waals surface area contributed by atoms with Crippen molar-refractivity contribution in [3.05, 3.63) is 58.7 Å². The topological polar surface area (TPSA) is 55.4 Å². The van der Waals surface area contributed by atoms with Crippen LogP contribution in [0.2, 0.25) is 0 Å². The summed E-state index contributed by atoms with van der Waals surface area (Å²) in [6, 6.07) is 11.7. The molecule has 1 N–H and O–H groups in total. The van der Waals surface area contributed by atoms with E-state index in [0.29, 0.717) is 0 Å². The standard InChI is InChI=1S/C20H23NO3S/c1-13-8-9-17(10-15(13)3)25-12-20(23)24-11-19(22)21-18-7-5-6-14(2)16(18)4/h5-10H,11-12H2,1-4H3,(H,21,22). The van der Waals surface area contributed by atoms with Crippen molar-refractivity contribution >= 4 is 29.3 Å². The maximum absolute atomic E-state index is 11.9. The first kappa shape index (κ1) is 19.1. The fourth-order valence-electron chi connectivity index (χ4n) is 2.21. The molecule has 0 unspecified atom stereocenters. The van der Waals surface area contributed by atoms with Gasteiger partial charge in [0.25, 0.3) is 5.91 Å². The molecule has 2 aromatic rings. The minimum Gasteiger partial charge on any atom is -0.455 e. The molecule has 0 spiro atoms. The second-order valence-electron chi connectivity index (χ2n) is 5.99. The molecule has 0 atom stereocenters. The van der Waals surface area contributed by atoms with Gasteiger partial charge in [-0.05, 0) is 68.1 Å². The molecule has 0 aliphatic rings. The fraction of sp³-hybridized carbons (Fsp3) is 0.300. The minimum atomic E-state index is -0.403. The van der Waals surface area contributed by atoms with Gasteiger partial charge >= 0.3 is 5.97 Å². The molecule has 0 heterocycles. The number of amides is 1. The van der Waals surface area contributed by atoms with Gasteiger partial charge in [0, 0.05) is 10.6 Å². The van der Waals surface area contributed by atoms with E-state index in [0.717, 1.165) is 21.7 Å². The summed E-state index contributed by atoms with van der Waals surface area (Å²) < 4.78 is 5.05. The molecular weight excluding hydrogens is 334 g/mol. The van der Waals surface area contributed by atoms with E-state index in [1.165, 1.54) is 22.9 Å². The van der Waals surface area contributed by atoms with Crippen molar-refractivity contribution in [2.75, 3.05) is 17.7 Å². The zero-order valence-corrected chi connectivity index (χ0v) is 15.8. The first-order chi connectivity index (χ1) is 11.9. The van der Waals surface area contributed by atoms with E-state index in [1.54, 1.807) is 0 Å². The second kappa shape index (κ2) is 8.72. The molecule has 132 valence electrons. The van der Waals surface area contributed by atoms with Gasteiger partial charge in [0.15, 0.2) is 6.61 Å². The molecule has 5 heteroatoms. The summed E-state index contributed by atoms with van der Waals surface area (Å²) in [5.74, 6) is -0.559. The Bertz CT molecular complexity index is 787. The molecule has 2 rings (SSSR count). The van der Waals surface area contributed by atoms with Gasteiger partial charge in [-0.2, -0.15) is 0 Å². The Morgan fingerprint density at radius 3 is 2.48 bits per heavy atom. The normalized spacial score (nSPS) is 10.4. The van der Waals surface area contributed by atoms with Gasteiger partial charge in [0.1, 0.15) is 0 Å². The first-order valence-corrected chi connectivity index (χ1v) is 9.07. The van der Waals surface area contributed by atoms with Gasteiger partial charge in [-0.1, -0.05) is 18.2 Å². The summed E-state index contributed by atoms with van der Waals surface area (Å²) in [6.45, 7) is 7.73. The maximum atomic E-state index is 11.9. The summed E-state index contributed by atoms with van der Waals surface area (Å²) in [6.07, 6.45) is 0. The third kappa shape index (κ3) is 5.64. The van der Waals surface area contributed by atoms with Gasteiger partial charge < -0.3 is 10.1 Å². The molecule has 0 aliphatic heterocycles. The Morgan fingerprint density at radius 2 is 1.76 bits per heavy atom. The number of carbonyl (C=O) groups is 2. The number of anilines is 1. The van der Waals surface area contributed by atoms with Crippen molar-refractivity contribution < 1.29 is 14.3 Å². The first-order valence-electron chi connectivity index (χ1n) is 8.08. The Balaban J connectivity index is 1.78. The Morgan fingerprint density at radius 1 is 1.00 bits per heavy atom. The molecule has 0 aromatic heterocycles. The van der Waals surface area contributed by atoms with Crippen molar-refractivity contribution in [2.45, 2.75) is 32.6 Å². The van der Waals surface area contributed by atoms with Crippen LogP contribution in [0.1, 0.15) is 22.3 Å². The van der Waals surface area contributed by atoms with Crippen LogP contribution in [-0.4, -0.2) is 24.2 Å². The number of esters is 1. The Kier molecular flexibility index (Phi) is 6.65. The minimum absolute atomic E-state index is 0.180. The second-order valence-corrected chi connectivity index (χ2v) is 7.04.